The fraction of sp³-hybridized carbons (Fsp3) is 0.0769. The van der Waals surface area contributed by atoms with Crippen LogP contribution in [0.1, 0.15) is 10.4 Å². The molecule has 1 N–H and O–H groups in total. The molecule has 0 saturated heterocycles. The van der Waals surface area contributed by atoms with Crippen LogP contribution >= 0.6 is 15.9 Å². The van der Waals surface area contributed by atoms with Crippen molar-refractivity contribution in [3.63, 3.8) is 0 Å². The number of amides is 1. The van der Waals surface area contributed by atoms with Crippen LogP contribution in [0.4, 0.5) is 5.82 Å². The van der Waals surface area contributed by atoms with E-state index >= 15 is 0 Å². The van der Waals surface area contributed by atoms with E-state index in [9.17, 15) is 4.79 Å². The number of pyridine rings is 1. The van der Waals surface area contributed by atoms with E-state index in [0.717, 1.165) is 0 Å². The van der Waals surface area contributed by atoms with E-state index in [4.69, 9.17) is 9.47 Å². The Kier molecular flexibility index (Phi) is 3.08. The SMILES string of the molecule is O=C(Nc1cccc(Br)n1)c1ccc2c(c1)OCO2. The van der Waals surface area contributed by atoms with E-state index in [1.165, 1.54) is 0 Å². The Morgan fingerprint density at radius 1 is 1.21 bits per heavy atom. The zero-order chi connectivity index (χ0) is 13.2. The van der Waals surface area contributed by atoms with Gasteiger partial charge >= 0.3 is 0 Å². The number of nitrogens with zero attached hydrogens (tertiary/aromatic N) is 1. The molecule has 5 nitrogen and oxygen atoms in total. The molecule has 2 heterocycles. The van der Waals surface area contributed by atoms with Crippen molar-refractivity contribution in [2.45, 2.75) is 0 Å². The number of halogens is 1. The van der Waals surface area contributed by atoms with Crippen LogP contribution in [-0.2, 0) is 0 Å². The Balaban J connectivity index is 1.81. The maximum absolute atomic E-state index is 12.1. The van der Waals surface area contributed by atoms with Crippen LogP contribution in [-0.4, -0.2) is 17.7 Å². The summed E-state index contributed by atoms with van der Waals surface area (Å²) in [5.74, 6) is 1.47. The Labute approximate surface area is 117 Å². The van der Waals surface area contributed by atoms with Gasteiger partial charge in [-0.2, -0.15) is 0 Å². The maximum Gasteiger partial charge on any atom is 0.256 e. The van der Waals surface area contributed by atoms with Gasteiger partial charge in [0, 0.05) is 5.56 Å². The first-order valence-electron chi connectivity index (χ1n) is 5.56. The second-order valence-electron chi connectivity index (χ2n) is 3.87. The molecule has 1 aromatic heterocycles. The third kappa shape index (κ3) is 2.53. The molecule has 2 aromatic rings. The number of nitrogens with one attached hydrogen (secondary N) is 1. The highest BCUT2D eigenvalue weighted by molar-refractivity contribution is 9.10. The summed E-state index contributed by atoms with van der Waals surface area (Å²) in [6.45, 7) is 0.188. The molecule has 1 aliphatic rings. The number of aromatic nitrogens is 1. The molecule has 0 saturated carbocycles. The first-order chi connectivity index (χ1) is 9.22. The summed E-state index contributed by atoms with van der Waals surface area (Å²) >= 11 is 3.25. The zero-order valence-corrected chi connectivity index (χ0v) is 11.3. The van der Waals surface area contributed by atoms with Gasteiger partial charge in [0.15, 0.2) is 11.5 Å². The molecule has 96 valence electrons. The quantitative estimate of drug-likeness (QED) is 0.864. The van der Waals surface area contributed by atoms with Crippen LogP contribution in [0.5, 0.6) is 11.5 Å². The highest BCUT2D eigenvalue weighted by Gasteiger charge is 2.16. The first kappa shape index (κ1) is 12.0. The van der Waals surface area contributed by atoms with Gasteiger partial charge in [0.05, 0.1) is 0 Å². The highest BCUT2D eigenvalue weighted by Crippen LogP contribution is 2.32. The lowest BCUT2D eigenvalue weighted by Crippen LogP contribution is -2.12. The molecule has 1 amide bonds. The predicted octanol–water partition coefficient (Wildman–Crippen LogP) is 2.83. The summed E-state index contributed by atoms with van der Waals surface area (Å²) in [7, 11) is 0. The molecule has 0 unspecified atom stereocenters. The Bertz CT molecular complexity index is 646. The minimum atomic E-state index is -0.246. The largest absolute Gasteiger partial charge is 0.454 e. The number of ether oxygens (including phenoxy) is 2. The van der Waals surface area contributed by atoms with Crippen molar-refractivity contribution in [1.29, 1.82) is 0 Å². The fourth-order valence-corrected chi connectivity index (χ4v) is 2.05. The molecule has 19 heavy (non-hydrogen) atoms. The highest BCUT2D eigenvalue weighted by atomic mass is 79.9. The van der Waals surface area contributed by atoms with E-state index in [2.05, 4.69) is 26.2 Å². The molecular formula is C13H9BrN2O3. The summed E-state index contributed by atoms with van der Waals surface area (Å²) in [4.78, 5) is 16.2. The number of fused-ring (bicyclic) bond motifs is 1. The van der Waals surface area contributed by atoms with Crippen LogP contribution in [0, 0.1) is 0 Å². The Morgan fingerprint density at radius 2 is 2.05 bits per heavy atom. The third-order valence-electron chi connectivity index (χ3n) is 2.59. The first-order valence-corrected chi connectivity index (χ1v) is 6.35. The number of benzene rings is 1. The van der Waals surface area contributed by atoms with Crippen molar-refractivity contribution in [2.75, 3.05) is 12.1 Å². The summed E-state index contributed by atoms with van der Waals surface area (Å²) in [5.41, 5.74) is 0.492. The van der Waals surface area contributed by atoms with E-state index in [0.29, 0.717) is 27.5 Å². The third-order valence-corrected chi connectivity index (χ3v) is 3.03. The summed E-state index contributed by atoms with van der Waals surface area (Å²) in [6, 6.07) is 10.3. The Morgan fingerprint density at radius 3 is 2.89 bits per heavy atom. The number of hydrogen-bond acceptors (Lipinski definition) is 4. The normalized spacial score (nSPS) is 12.3. The van der Waals surface area contributed by atoms with Crippen molar-refractivity contribution in [1.82, 2.24) is 4.98 Å². The fourth-order valence-electron chi connectivity index (χ4n) is 1.70. The lowest BCUT2D eigenvalue weighted by molar-refractivity contribution is 0.102. The van der Waals surface area contributed by atoms with E-state index in [-0.39, 0.29) is 12.7 Å². The number of rotatable bonds is 2. The molecule has 1 aliphatic heterocycles. The Hall–Kier alpha value is -2.08. The van der Waals surface area contributed by atoms with Crippen molar-refractivity contribution in [2.24, 2.45) is 0 Å². The van der Waals surface area contributed by atoms with Gasteiger partial charge in [-0.15, -0.1) is 0 Å². The zero-order valence-electron chi connectivity index (χ0n) is 9.72. The summed E-state index contributed by atoms with van der Waals surface area (Å²) in [5, 5.41) is 2.71. The van der Waals surface area contributed by atoms with Crippen molar-refractivity contribution < 1.29 is 14.3 Å². The van der Waals surface area contributed by atoms with Gasteiger partial charge in [-0.1, -0.05) is 6.07 Å². The minimum absolute atomic E-state index is 0.188. The number of hydrogen-bond donors (Lipinski definition) is 1. The topological polar surface area (TPSA) is 60.5 Å². The number of carbonyl (C=O) groups excluding carboxylic acids is 1. The van der Waals surface area contributed by atoms with Crippen LogP contribution < -0.4 is 14.8 Å². The van der Waals surface area contributed by atoms with Crippen molar-refractivity contribution >= 4 is 27.7 Å². The standard InChI is InChI=1S/C13H9BrN2O3/c14-11-2-1-3-12(15-11)16-13(17)8-4-5-9-10(6-8)19-7-18-9/h1-6H,7H2,(H,15,16,17). The molecular weight excluding hydrogens is 312 g/mol. The molecule has 0 aliphatic carbocycles. The molecule has 0 atom stereocenters. The smallest absolute Gasteiger partial charge is 0.256 e. The lowest BCUT2D eigenvalue weighted by atomic mass is 10.2. The van der Waals surface area contributed by atoms with E-state index in [1.807, 2.05) is 0 Å². The number of carbonyl (C=O) groups is 1. The van der Waals surface area contributed by atoms with Crippen LogP contribution in [0.2, 0.25) is 0 Å². The van der Waals surface area contributed by atoms with E-state index in [1.54, 1.807) is 36.4 Å². The van der Waals surface area contributed by atoms with Gasteiger partial charge in [0.1, 0.15) is 10.4 Å². The maximum atomic E-state index is 12.1. The van der Waals surface area contributed by atoms with Crippen molar-refractivity contribution in [3.8, 4) is 11.5 Å². The molecule has 1 aromatic carbocycles. The second kappa shape index (κ2) is 4.89. The summed E-state index contributed by atoms with van der Waals surface area (Å²) in [6.07, 6.45) is 0. The van der Waals surface area contributed by atoms with Crippen LogP contribution in [0.3, 0.4) is 0 Å². The van der Waals surface area contributed by atoms with Gasteiger partial charge in [0.2, 0.25) is 6.79 Å². The molecule has 0 bridgehead atoms. The monoisotopic (exact) mass is 320 g/mol. The average molecular weight is 321 g/mol. The molecule has 0 fully saturated rings. The molecule has 0 spiro atoms. The van der Waals surface area contributed by atoms with Crippen molar-refractivity contribution in [3.05, 3.63) is 46.6 Å². The number of anilines is 1. The molecule has 6 heteroatoms. The van der Waals surface area contributed by atoms with Gasteiger partial charge in [0.25, 0.3) is 5.91 Å². The van der Waals surface area contributed by atoms with Gasteiger partial charge in [-0.05, 0) is 46.3 Å². The lowest BCUT2D eigenvalue weighted by Gasteiger charge is -2.05. The minimum Gasteiger partial charge on any atom is -0.454 e. The average Bonchev–Trinajstić information content (AvgIpc) is 2.85. The van der Waals surface area contributed by atoms with Crippen LogP contribution in [0.15, 0.2) is 41.0 Å². The van der Waals surface area contributed by atoms with E-state index < -0.39 is 0 Å². The van der Waals surface area contributed by atoms with Crippen LogP contribution in [0.25, 0.3) is 0 Å². The molecule has 0 radical (unpaired) electrons. The van der Waals surface area contributed by atoms with Gasteiger partial charge < -0.3 is 14.8 Å². The summed E-state index contributed by atoms with van der Waals surface area (Å²) < 4.78 is 11.1. The predicted molar refractivity (Wildman–Crippen MR) is 72.5 cm³/mol. The second-order valence-corrected chi connectivity index (χ2v) is 4.68. The van der Waals surface area contributed by atoms with Gasteiger partial charge in [-0.25, -0.2) is 4.98 Å². The molecule has 3 rings (SSSR count). The van der Waals surface area contributed by atoms with Gasteiger partial charge in [-0.3, -0.25) is 4.79 Å².